The van der Waals surface area contributed by atoms with Crippen LogP contribution in [0.15, 0.2) is 59.7 Å². The number of nitrogens with one attached hydrogen (secondary N) is 1. The molecule has 0 saturated carbocycles. The van der Waals surface area contributed by atoms with Gasteiger partial charge in [0.25, 0.3) is 0 Å². The highest BCUT2D eigenvalue weighted by Crippen LogP contribution is 2.08. The summed E-state index contributed by atoms with van der Waals surface area (Å²) in [6.45, 7) is 4.11. The first-order chi connectivity index (χ1) is 12.3. The standard InChI is InChI=1S/C16H15N3O2S.C3H9N/c1-19(16(22)18-13-8-3-2-4-9-13)17-11-12-7-5-6-10-14(12)15(20)21;1-3(2)4/h2-11H,1H3,(H,18,22)(H,20,21);3H,4H2,1-2H3/b17-11+;. The van der Waals surface area contributed by atoms with E-state index in [2.05, 4.69) is 30.0 Å². The highest BCUT2D eigenvalue weighted by Gasteiger charge is 2.04. The number of benzene rings is 2. The number of quaternary nitrogens is 1. The van der Waals surface area contributed by atoms with Gasteiger partial charge in [0.2, 0.25) is 0 Å². The van der Waals surface area contributed by atoms with Gasteiger partial charge in [-0.25, -0.2) is 5.01 Å². The van der Waals surface area contributed by atoms with Crippen LogP contribution in [0.4, 0.5) is 5.69 Å². The topological polar surface area (TPSA) is 95.4 Å². The molecule has 0 aliphatic rings. The molecule has 0 bridgehead atoms. The van der Waals surface area contributed by atoms with Crippen LogP contribution < -0.4 is 16.2 Å². The molecule has 0 saturated heterocycles. The second-order valence-corrected chi connectivity index (χ2v) is 6.22. The number of thiocarbonyl (C=S) groups is 1. The lowest BCUT2D eigenvalue weighted by atomic mass is 10.1. The number of carbonyl (C=O) groups excluding carboxylic acids is 1. The summed E-state index contributed by atoms with van der Waals surface area (Å²) in [5.41, 5.74) is 5.03. The Bertz CT molecular complexity index is 745. The predicted molar refractivity (Wildman–Crippen MR) is 107 cm³/mol. The molecular formula is C19H24N4O2S. The lowest BCUT2D eigenvalue weighted by Gasteiger charge is -2.16. The monoisotopic (exact) mass is 372 g/mol. The number of hydrogen-bond acceptors (Lipinski definition) is 4. The minimum atomic E-state index is -1.24. The Morgan fingerprint density at radius 2 is 1.73 bits per heavy atom. The fraction of sp³-hybridized carbons (Fsp3) is 0.211. The average molecular weight is 372 g/mol. The summed E-state index contributed by atoms with van der Waals surface area (Å²) in [7, 11) is 1.68. The molecular weight excluding hydrogens is 348 g/mol. The maximum absolute atomic E-state index is 11.0. The van der Waals surface area contributed by atoms with Gasteiger partial charge in [0.05, 0.1) is 18.2 Å². The predicted octanol–water partition coefficient (Wildman–Crippen LogP) is 1.35. The summed E-state index contributed by atoms with van der Waals surface area (Å²) in [6.07, 6.45) is 1.43. The van der Waals surface area contributed by atoms with Gasteiger partial charge in [-0.15, -0.1) is 0 Å². The Labute approximate surface area is 159 Å². The first-order valence-electron chi connectivity index (χ1n) is 8.08. The third-order valence-electron chi connectivity index (χ3n) is 2.87. The molecule has 0 aliphatic heterocycles. The van der Waals surface area contributed by atoms with Crippen molar-refractivity contribution in [1.82, 2.24) is 5.01 Å². The third-order valence-corrected chi connectivity index (χ3v) is 3.24. The molecule has 6 nitrogen and oxygen atoms in total. The van der Waals surface area contributed by atoms with Gasteiger partial charge in [0.15, 0.2) is 5.11 Å². The summed E-state index contributed by atoms with van der Waals surface area (Å²) in [5.74, 6) is -1.24. The van der Waals surface area contributed by atoms with Gasteiger partial charge in [-0.1, -0.05) is 42.5 Å². The molecule has 0 aliphatic carbocycles. The number of rotatable bonds is 4. The zero-order valence-corrected chi connectivity index (χ0v) is 16.0. The van der Waals surface area contributed by atoms with Gasteiger partial charge in [0, 0.05) is 23.9 Å². The third kappa shape index (κ3) is 7.87. The minimum Gasteiger partial charge on any atom is -0.545 e. The van der Waals surface area contributed by atoms with Gasteiger partial charge in [-0.3, -0.25) is 0 Å². The second-order valence-electron chi connectivity index (χ2n) is 5.83. The Morgan fingerprint density at radius 1 is 1.19 bits per heavy atom. The molecule has 2 rings (SSSR count). The number of nitrogens with zero attached hydrogens (tertiary/aromatic N) is 2. The number of hydrazone groups is 1. The van der Waals surface area contributed by atoms with E-state index in [0.717, 1.165) is 5.69 Å². The number of carbonyl (C=O) groups is 1. The Hall–Kier alpha value is -2.77. The van der Waals surface area contributed by atoms with E-state index < -0.39 is 5.97 Å². The van der Waals surface area contributed by atoms with Crippen molar-refractivity contribution < 1.29 is 15.6 Å². The van der Waals surface area contributed by atoms with E-state index in [9.17, 15) is 9.90 Å². The Morgan fingerprint density at radius 3 is 2.31 bits per heavy atom. The summed E-state index contributed by atoms with van der Waals surface area (Å²) in [6, 6.07) is 16.5. The van der Waals surface area contributed by atoms with Crippen LogP contribution in [0.25, 0.3) is 0 Å². The Kier molecular flexibility index (Phi) is 8.97. The van der Waals surface area contributed by atoms with Crippen LogP contribution in [0.2, 0.25) is 0 Å². The van der Waals surface area contributed by atoms with Crippen molar-refractivity contribution in [2.45, 2.75) is 19.9 Å². The summed E-state index contributed by atoms with van der Waals surface area (Å²) in [4.78, 5) is 11.0. The normalized spacial score (nSPS) is 10.2. The van der Waals surface area contributed by atoms with Crippen molar-refractivity contribution in [3.63, 3.8) is 0 Å². The highest BCUT2D eigenvalue weighted by atomic mass is 32.1. The summed E-state index contributed by atoms with van der Waals surface area (Å²) < 4.78 is 0. The maximum atomic E-state index is 11.0. The van der Waals surface area contributed by atoms with Crippen LogP contribution in [-0.2, 0) is 0 Å². The van der Waals surface area contributed by atoms with Crippen LogP contribution in [0.1, 0.15) is 29.8 Å². The molecule has 4 N–H and O–H groups in total. The van der Waals surface area contributed by atoms with Crippen molar-refractivity contribution in [3.8, 4) is 0 Å². The van der Waals surface area contributed by atoms with Gasteiger partial charge in [-0.05, 0) is 38.2 Å². The van der Waals surface area contributed by atoms with Crippen molar-refractivity contribution in [3.05, 3.63) is 65.7 Å². The number of aromatic carboxylic acids is 1. The van der Waals surface area contributed by atoms with Gasteiger partial charge in [-0.2, -0.15) is 5.10 Å². The first kappa shape index (κ1) is 21.3. The second kappa shape index (κ2) is 11.0. The van der Waals surface area contributed by atoms with Gasteiger partial charge >= 0.3 is 0 Å². The number of para-hydroxylation sites is 1. The first-order valence-corrected chi connectivity index (χ1v) is 8.49. The largest absolute Gasteiger partial charge is 0.545 e. The lowest BCUT2D eigenvalue weighted by Crippen LogP contribution is -2.57. The van der Waals surface area contributed by atoms with Gasteiger partial charge < -0.3 is 21.0 Å². The molecule has 0 heterocycles. The molecule has 0 unspecified atom stereocenters. The molecule has 26 heavy (non-hydrogen) atoms. The van der Waals surface area contributed by atoms with Crippen LogP contribution in [-0.4, -0.2) is 35.4 Å². The fourth-order valence-electron chi connectivity index (χ4n) is 1.72. The van der Waals surface area contributed by atoms with Crippen molar-refractivity contribution >= 4 is 35.2 Å². The molecule has 0 radical (unpaired) electrons. The average Bonchev–Trinajstić information content (AvgIpc) is 2.60. The highest BCUT2D eigenvalue weighted by molar-refractivity contribution is 7.80. The van der Waals surface area contributed by atoms with Gasteiger partial charge in [0.1, 0.15) is 0 Å². The molecule has 0 spiro atoms. The number of hydrogen-bond donors (Lipinski definition) is 2. The molecule has 138 valence electrons. The number of carboxylic acid groups (broad SMARTS) is 1. The van der Waals surface area contributed by atoms with E-state index in [0.29, 0.717) is 16.7 Å². The van der Waals surface area contributed by atoms with E-state index in [1.807, 2.05) is 30.3 Å². The minimum absolute atomic E-state index is 0.0848. The molecule has 2 aromatic carbocycles. The zero-order valence-electron chi connectivity index (χ0n) is 15.2. The van der Waals surface area contributed by atoms with Crippen LogP contribution in [0.3, 0.4) is 0 Å². The van der Waals surface area contributed by atoms with E-state index >= 15 is 0 Å². The number of anilines is 1. The molecule has 0 fully saturated rings. The Balaban J connectivity index is 0.000000765. The van der Waals surface area contributed by atoms with E-state index in [4.69, 9.17) is 12.2 Å². The van der Waals surface area contributed by atoms with Crippen LogP contribution in [0, 0.1) is 0 Å². The smallest absolute Gasteiger partial charge is 0.193 e. The molecule has 0 amide bonds. The van der Waals surface area contributed by atoms with Crippen molar-refractivity contribution in [1.29, 1.82) is 0 Å². The number of carboxylic acids is 1. The van der Waals surface area contributed by atoms with E-state index in [-0.39, 0.29) is 5.56 Å². The quantitative estimate of drug-likeness (QED) is 0.480. The lowest BCUT2D eigenvalue weighted by molar-refractivity contribution is -0.407. The van der Waals surface area contributed by atoms with Crippen molar-refractivity contribution in [2.24, 2.45) is 5.10 Å². The SMILES string of the molecule is CC(C)[NH3+].CN(/N=C/c1ccccc1C(=O)[O-])C(=S)Nc1ccccc1. The summed E-state index contributed by atoms with van der Waals surface area (Å²) in [5, 5.41) is 20.0. The van der Waals surface area contributed by atoms with Crippen LogP contribution in [0.5, 0.6) is 0 Å². The van der Waals surface area contributed by atoms with Crippen molar-refractivity contribution in [2.75, 3.05) is 12.4 Å². The zero-order chi connectivity index (χ0) is 19.5. The fourth-order valence-corrected chi connectivity index (χ4v) is 1.89. The maximum Gasteiger partial charge on any atom is 0.193 e. The van der Waals surface area contributed by atoms with E-state index in [1.54, 1.807) is 25.2 Å². The molecule has 2 aromatic rings. The molecule has 0 aromatic heterocycles. The van der Waals surface area contributed by atoms with E-state index in [1.165, 1.54) is 17.3 Å². The summed E-state index contributed by atoms with van der Waals surface area (Å²) >= 11 is 5.23. The molecule has 7 heteroatoms. The van der Waals surface area contributed by atoms with Crippen LogP contribution >= 0.6 is 12.2 Å². The molecule has 0 atom stereocenters.